The van der Waals surface area contributed by atoms with Gasteiger partial charge in [-0.3, -0.25) is 19.6 Å². The summed E-state index contributed by atoms with van der Waals surface area (Å²) >= 11 is 0. The molecule has 9 heteroatoms. The summed E-state index contributed by atoms with van der Waals surface area (Å²) in [5.74, 6) is -1.14. The number of nitrogens with zero attached hydrogens (tertiary/aromatic N) is 4. The molecule has 1 amide bonds. The molecule has 1 saturated heterocycles. The van der Waals surface area contributed by atoms with Crippen LogP contribution in [0, 0.1) is 11.6 Å². The van der Waals surface area contributed by atoms with Crippen molar-refractivity contribution in [3.05, 3.63) is 81.0 Å². The third kappa shape index (κ3) is 3.52. The summed E-state index contributed by atoms with van der Waals surface area (Å²) < 4.78 is 29.5. The first-order chi connectivity index (χ1) is 17.0. The minimum atomic E-state index is -1.08. The molecule has 180 valence electrons. The topological polar surface area (TPSA) is 82.2 Å². The third-order valence-corrected chi connectivity index (χ3v) is 7.62. The molecule has 0 unspecified atom stereocenters. The quantitative estimate of drug-likeness (QED) is 0.625. The van der Waals surface area contributed by atoms with Crippen molar-refractivity contribution in [3.8, 4) is 0 Å². The maximum atomic E-state index is 15.2. The predicted octanol–water partition coefficient (Wildman–Crippen LogP) is 3.41. The Bertz CT molecular complexity index is 1370. The highest BCUT2D eigenvalue weighted by molar-refractivity contribution is 6.08. The lowest BCUT2D eigenvalue weighted by Crippen LogP contribution is -2.49. The number of piperidine rings is 1. The van der Waals surface area contributed by atoms with Crippen molar-refractivity contribution in [3.63, 3.8) is 0 Å². The number of hydrogen-bond donors (Lipinski definition) is 1. The fourth-order valence-corrected chi connectivity index (χ4v) is 5.86. The van der Waals surface area contributed by atoms with E-state index in [2.05, 4.69) is 9.97 Å². The van der Waals surface area contributed by atoms with Crippen LogP contribution in [0.1, 0.15) is 48.1 Å². The van der Waals surface area contributed by atoms with E-state index < -0.39 is 17.0 Å². The van der Waals surface area contributed by atoms with Crippen LogP contribution in [-0.4, -0.2) is 33.9 Å². The van der Waals surface area contributed by atoms with Crippen molar-refractivity contribution in [2.75, 3.05) is 22.9 Å². The summed E-state index contributed by atoms with van der Waals surface area (Å²) in [6.45, 7) is 1.03. The van der Waals surface area contributed by atoms with Gasteiger partial charge < -0.3 is 9.80 Å². The van der Waals surface area contributed by atoms with Crippen LogP contribution in [0.4, 0.5) is 20.4 Å². The van der Waals surface area contributed by atoms with E-state index in [-0.39, 0.29) is 29.3 Å². The average Bonchev–Trinajstić information content (AvgIpc) is 3.07. The van der Waals surface area contributed by atoms with Crippen molar-refractivity contribution in [1.29, 1.82) is 0 Å². The molecule has 3 aliphatic rings. The highest BCUT2D eigenvalue weighted by atomic mass is 19.1. The van der Waals surface area contributed by atoms with Crippen molar-refractivity contribution in [1.82, 2.24) is 15.0 Å². The molecule has 2 aliphatic heterocycles. The van der Waals surface area contributed by atoms with E-state index in [9.17, 15) is 14.0 Å². The molecule has 3 aromatic rings. The zero-order chi connectivity index (χ0) is 24.2. The Labute approximate surface area is 200 Å². The Morgan fingerprint density at radius 2 is 1.89 bits per heavy atom. The first kappa shape index (κ1) is 21.9. The number of aromatic nitrogens is 3. The number of pyridine rings is 1. The SMILES string of the molecule is O=C1N(Cc2cccnc2)c2cc(F)cc(F)c2C12CCN(c1nc3c(c(=O)[nH]1)CCCC3)CC2. The summed E-state index contributed by atoms with van der Waals surface area (Å²) in [6.07, 6.45) is 7.50. The van der Waals surface area contributed by atoms with E-state index in [0.717, 1.165) is 48.6 Å². The molecule has 4 heterocycles. The lowest BCUT2D eigenvalue weighted by molar-refractivity contribution is -0.124. The second kappa shape index (κ2) is 8.25. The first-order valence-electron chi connectivity index (χ1n) is 12.0. The molecule has 35 heavy (non-hydrogen) atoms. The maximum Gasteiger partial charge on any atom is 0.255 e. The van der Waals surface area contributed by atoms with Gasteiger partial charge in [0.2, 0.25) is 11.9 Å². The van der Waals surface area contributed by atoms with Crippen LogP contribution in [0.5, 0.6) is 0 Å². The normalized spacial score (nSPS) is 18.6. The molecule has 2 aromatic heterocycles. The van der Waals surface area contributed by atoms with Crippen LogP contribution >= 0.6 is 0 Å². The van der Waals surface area contributed by atoms with Crippen molar-refractivity contribution < 1.29 is 13.6 Å². The molecule has 7 nitrogen and oxygen atoms in total. The van der Waals surface area contributed by atoms with Gasteiger partial charge in [-0.25, -0.2) is 13.8 Å². The molecule has 0 saturated carbocycles. The standard InChI is InChI=1S/C26H25F2N5O2/c27-17-12-19(28)22-21(13-17)33(15-16-4-3-9-29-14-16)24(35)26(22)7-10-32(11-8-26)25-30-20-6-2-1-5-18(20)23(34)31-25/h3-4,9,12-14H,1-2,5-8,10-11,15H2,(H,30,31,34). The van der Waals surface area contributed by atoms with E-state index in [1.54, 1.807) is 18.5 Å². The van der Waals surface area contributed by atoms with Gasteiger partial charge >= 0.3 is 0 Å². The summed E-state index contributed by atoms with van der Waals surface area (Å²) in [5.41, 5.74) is 1.76. The fourth-order valence-electron chi connectivity index (χ4n) is 5.86. The number of fused-ring (bicyclic) bond motifs is 3. The highest BCUT2D eigenvalue weighted by Gasteiger charge is 2.54. The largest absolute Gasteiger partial charge is 0.342 e. The van der Waals surface area contributed by atoms with E-state index in [4.69, 9.17) is 4.98 Å². The number of rotatable bonds is 3. The minimum absolute atomic E-state index is 0.101. The highest BCUT2D eigenvalue weighted by Crippen LogP contribution is 2.50. The zero-order valence-corrected chi connectivity index (χ0v) is 19.2. The zero-order valence-electron chi connectivity index (χ0n) is 19.2. The summed E-state index contributed by atoms with van der Waals surface area (Å²) in [7, 11) is 0. The number of carbonyl (C=O) groups excluding carboxylic acids is 1. The summed E-state index contributed by atoms with van der Waals surface area (Å²) in [6, 6.07) is 5.71. The van der Waals surface area contributed by atoms with Gasteiger partial charge in [-0.1, -0.05) is 6.07 Å². The molecule has 0 bridgehead atoms. The molecule has 1 aliphatic carbocycles. The van der Waals surface area contributed by atoms with E-state index >= 15 is 4.39 Å². The number of aromatic amines is 1. The van der Waals surface area contributed by atoms with Gasteiger partial charge in [0.1, 0.15) is 11.6 Å². The number of benzene rings is 1. The van der Waals surface area contributed by atoms with Crippen LogP contribution in [0.15, 0.2) is 41.5 Å². The number of carbonyl (C=O) groups is 1. The number of hydrogen-bond acceptors (Lipinski definition) is 5. The number of H-pyrrole nitrogens is 1. The third-order valence-electron chi connectivity index (χ3n) is 7.62. The Hall–Kier alpha value is -3.62. The summed E-state index contributed by atoms with van der Waals surface area (Å²) in [4.78, 5) is 41.6. The minimum Gasteiger partial charge on any atom is -0.342 e. The molecule has 0 radical (unpaired) electrons. The number of anilines is 2. The molecule has 6 rings (SSSR count). The predicted molar refractivity (Wildman–Crippen MR) is 126 cm³/mol. The number of halogens is 2. The molecule has 1 fully saturated rings. The summed E-state index contributed by atoms with van der Waals surface area (Å²) in [5, 5.41) is 0. The van der Waals surface area contributed by atoms with Gasteiger partial charge in [-0.15, -0.1) is 0 Å². The number of aryl methyl sites for hydroxylation is 1. The number of amides is 1. The fraction of sp³-hybridized carbons (Fsp3) is 0.385. The van der Waals surface area contributed by atoms with E-state index in [1.165, 1.54) is 11.0 Å². The van der Waals surface area contributed by atoms with Crippen LogP contribution in [-0.2, 0) is 29.6 Å². The molecule has 1 spiro atoms. The van der Waals surface area contributed by atoms with Gasteiger partial charge in [0, 0.05) is 42.7 Å². The Balaban J connectivity index is 1.33. The Morgan fingerprint density at radius 3 is 2.66 bits per heavy atom. The van der Waals surface area contributed by atoms with Gasteiger partial charge in [-0.2, -0.15) is 0 Å². The van der Waals surface area contributed by atoms with Gasteiger partial charge in [0.15, 0.2) is 0 Å². The first-order valence-corrected chi connectivity index (χ1v) is 12.0. The Morgan fingerprint density at radius 1 is 1.09 bits per heavy atom. The van der Waals surface area contributed by atoms with E-state index in [1.807, 2.05) is 11.0 Å². The van der Waals surface area contributed by atoms with Crippen LogP contribution in [0.2, 0.25) is 0 Å². The molecular weight excluding hydrogens is 452 g/mol. The molecule has 0 atom stereocenters. The lowest BCUT2D eigenvalue weighted by Gasteiger charge is -2.39. The molecular formula is C26H25F2N5O2. The van der Waals surface area contributed by atoms with Crippen molar-refractivity contribution in [2.24, 2.45) is 0 Å². The second-order valence-corrected chi connectivity index (χ2v) is 9.63. The lowest BCUT2D eigenvalue weighted by atomic mass is 9.73. The average molecular weight is 478 g/mol. The maximum absolute atomic E-state index is 15.2. The molecule has 1 aromatic carbocycles. The van der Waals surface area contributed by atoms with Gasteiger partial charge in [-0.05, 0) is 56.2 Å². The Kier molecular flexibility index (Phi) is 5.16. The molecule has 1 N–H and O–H groups in total. The van der Waals surface area contributed by atoms with Crippen molar-refractivity contribution >= 4 is 17.5 Å². The number of nitrogens with one attached hydrogen (secondary N) is 1. The van der Waals surface area contributed by atoms with Crippen LogP contribution in [0.25, 0.3) is 0 Å². The van der Waals surface area contributed by atoms with E-state index in [0.29, 0.717) is 31.9 Å². The second-order valence-electron chi connectivity index (χ2n) is 9.63. The monoisotopic (exact) mass is 477 g/mol. The van der Waals surface area contributed by atoms with Crippen LogP contribution < -0.4 is 15.4 Å². The van der Waals surface area contributed by atoms with Gasteiger partial charge in [0.05, 0.1) is 23.3 Å². The van der Waals surface area contributed by atoms with Crippen molar-refractivity contribution in [2.45, 2.75) is 50.5 Å². The van der Waals surface area contributed by atoms with Gasteiger partial charge in [0.25, 0.3) is 5.56 Å². The smallest absolute Gasteiger partial charge is 0.255 e. The van der Waals surface area contributed by atoms with Crippen LogP contribution in [0.3, 0.4) is 0 Å².